The Labute approximate surface area is 87.8 Å². The Morgan fingerprint density at radius 1 is 0.867 bits per heavy atom. The van der Waals surface area contributed by atoms with Crippen molar-refractivity contribution in [3.8, 4) is 0 Å². The number of pyridine rings is 2. The predicted molar refractivity (Wildman–Crippen MR) is 56.4 cm³/mol. The van der Waals surface area contributed by atoms with Gasteiger partial charge in [-0.1, -0.05) is 0 Å². The maximum absolute atomic E-state index is 11.1. The van der Waals surface area contributed by atoms with Crippen molar-refractivity contribution in [3.63, 3.8) is 0 Å². The van der Waals surface area contributed by atoms with Gasteiger partial charge >= 0.3 is 0 Å². The minimum Gasteiger partial charge on any atom is -0.302 e. The van der Waals surface area contributed by atoms with Crippen LogP contribution in [0.25, 0.3) is 0 Å². The fraction of sp³-hybridized carbons (Fsp3) is 0.0833. The number of carbonyl (C=O) groups excluding carboxylic acids is 1. The highest BCUT2D eigenvalue weighted by atomic mass is 16.1. The van der Waals surface area contributed by atoms with Crippen LogP contribution < -0.4 is 0 Å². The van der Waals surface area contributed by atoms with Crippen molar-refractivity contribution in [2.75, 3.05) is 0 Å². The molecule has 15 heavy (non-hydrogen) atoms. The number of hydrogen-bond donors (Lipinski definition) is 0. The molecule has 0 saturated carbocycles. The minimum absolute atomic E-state index is 0.226. The Morgan fingerprint density at radius 2 is 1.27 bits per heavy atom. The average molecular weight is 198 g/mol. The maximum atomic E-state index is 11.1. The van der Waals surface area contributed by atoms with Crippen molar-refractivity contribution in [1.82, 2.24) is 9.97 Å². The number of nitrogens with zero attached hydrogens (tertiary/aromatic N) is 2. The summed E-state index contributed by atoms with van der Waals surface area (Å²) in [4.78, 5) is 18.9. The van der Waals surface area contributed by atoms with Gasteiger partial charge in [0.05, 0.1) is 5.92 Å². The third kappa shape index (κ3) is 2.07. The molecular weight excluding hydrogens is 188 g/mol. The van der Waals surface area contributed by atoms with Crippen LogP contribution in [-0.2, 0) is 4.79 Å². The van der Waals surface area contributed by atoms with Gasteiger partial charge in [-0.25, -0.2) is 0 Å². The first-order chi connectivity index (χ1) is 7.42. The first-order valence-electron chi connectivity index (χ1n) is 4.67. The third-order valence-corrected chi connectivity index (χ3v) is 2.27. The zero-order chi connectivity index (χ0) is 10.5. The monoisotopic (exact) mass is 198 g/mol. The minimum atomic E-state index is -0.226. The van der Waals surface area contributed by atoms with E-state index in [1.54, 1.807) is 24.8 Å². The van der Waals surface area contributed by atoms with Gasteiger partial charge in [0.25, 0.3) is 0 Å². The van der Waals surface area contributed by atoms with E-state index in [-0.39, 0.29) is 5.92 Å². The van der Waals surface area contributed by atoms with E-state index >= 15 is 0 Å². The first-order valence-corrected chi connectivity index (χ1v) is 4.67. The van der Waals surface area contributed by atoms with Crippen LogP contribution in [0, 0.1) is 0 Å². The quantitative estimate of drug-likeness (QED) is 0.706. The summed E-state index contributed by atoms with van der Waals surface area (Å²) < 4.78 is 0. The molecule has 0 unspecified atom stereocenters. The van der Waals surface area contributed by atoms with Gasteiger partial charge in [0.15, 0.2) is 0 Å². The van der Waals surface area contributed by atoms with Crippen molar-refractivity contribution in [2.24, 2.45) is 0 Å². The molecule has 0 aliphatic heterocycles. The molecule has 3 nitrogen and oxygen atoms in total. The summed E-state index contributed by atoms with van der Waals surface area (Å²) in [6.45, 7) is 0. The second-order valence-electron chi connectivity index (χ2n) is 3.17. The van der Waals surface area contributed by atoms with Gasteiger partial charge in [-0.05, 0) is 35.4 Å². The number of hydrogen-bond acceptors (Lipinski definition) is 3. The highest BCUT2D eigenvalue weighted by molar-refractivity contribution is 5.67. The zero-order valence-corrected chi connectivity index (χ0v) is 8.08. The van der Waals surface area contributed by atoms with Gasteiger partial charge in [0.1, 0.15) is 6.29 Å². The molecule has 0 atom stereocenters. The summed E-state index contributed by atoms with van der Waals surface area (Å²) in [7, 11) is 0. The van der Waals surface area contributed by atoms with E-state index < -0.39 is 0 Å². The highest BCUT2D eigenvalue weighted by Crippen LogP contribution is 2.20. The molecule has 0 radical (unpaired) electrons. The topological polar surface area (TPSA) is 42.9 Å². The second kappa shape index (κ2) is 4.46. The number of carbonyl (C=O) groups is 1. The molecule has 0 aliphatic rings. The molecule has 2 rings (SSSR count). The molecule has 0 saturated heterocycles. The normalized spacial score (nSPS) is 10.2. The van der Waals surface area contributed by atoms with E-state index in [1.165, 1.54) is 0 Å². The molecule has 2 aromatic heterocycles. The first kappa shape index (κ1) is 9.52. The zero-order valence-electron chi connectivity index (χ0n) is 8.08. The number of aromatic nitrogens is 2. The fourth-order valence-corrected chi connectivity index (χ4v) is 1.49. The van der Waals surface area contributed by atoms with Crippen LogP contribution in [0.15, 0.2) is 49.1 Å². The van der Waals surface area contributed by atoms with E-state index in [0.717, 1.165) is 17.4 Å². The van der Waals surface area contributed by atoms with Crippen molar-refractivity contribution in [3.05, 3.63) is 60.2 Å². The number of aldehydes is 1. The predicted octanol–water partition coefficient (Wildman–Crippen LogP) is 1.81. The largest absolute Gasteiger partial charge is 0.302 e. The average Bonchev–Trinajstić information content (AvgIpc) is 2.33. The van der Waals surface area contributed by atoms with Gasteiger partial charge in [-0.3, -0.25) is 9.97 Å². The summed E-state index contributed by atoms with van der Waals surface area (Å²) in [5.74, 6) is -0.226. The van der Waals surface area contributed by atoms with Crippen LogP contribution in [0.2, 0.25) is 0 Å². The molecule has 2 heterocycles. The van der Waals surface area contributed by atoms with Gasteiger partial charge < -0.3 is 4.79 Å². The summed E-state index contributed by atoms with van der Waals surface area (Å²) in [6, 6.07) is 7.39. The molecule has 0 aromatic carbocycles. The van der Waals surface area contributed by atoms with Crippen LogP contribution in [0.4, 0.5) is 0 Å². The summed E-state index contributed by atoms with van der Waals surface area (Å²) in [5.41, 5.74) is 1.90. The molecule has 0 amide bonds. The molecule has 2 aromatic rings. The fourth-order valence-electron chi connectivity index (χ4n) is 1.49. The molecule has 0 fully saturated rings. The van der Waals surface area contributed by atoms with E-state index in [2.05, 4.69) is 9.97 Å². The van der Waals surface area contributed by atoms with Crippen molar-refractivity contribution in [2.45, 2.75) is 5.92 Å². The Morgan fingerprint density at radius 3 is 1.60 bits per heavy atom. The lowest BCUT2D eigenvalue weighted by Crippen LogP contribution is -2.02. The van der Waals surface area contributed by atoms with E-state index in [4.69, 9.17) is 0 Å². The van der Waals surface area contributed by atoms with Crippen LogP contribution in [0.5, 0.6) is 0 Å². The maximum Gasteiger partial charge on any atom is 0.131 e. The van der Waals surface area contributed by atoms with E-state index in [0.29, 0.717) is 0 Å². The third-order valence-electron chi connectivity index (χ3n) is 2.27. The van der Waals surface area contributed by atoms with Gasteiger partial charge in [-0.15, -0.1) is 0 Å². The van der Waals surface area contributed by atoms with Crippen molar-refractivity contribution in [1.29, 1.82) is 0 Å². The van der Waals surface area contributed by atoms with Crippen molar-refractivity contribution < 1.29 is 4.79 Å². The van der Waals surface area contributed by atoms with Crippen molar-refractivity contribution >= 4 is 6.29 Å². The molecule has 0 spiro atoms. The lowest BCUT2D eigenvalue weighted by molar-refractivity contribution is -0.108. The lowest BCUT2D eigenvalue weighted by atomic mass is 9.94. The molecule has 0 N–H and O–H groups in total. The Kier molecular flexibility index (Phi) is 2.83. The Balaban J connectivity index is 2.38. The van der Waals surface area contributed by atoms with Gasteiger partial charge in [0, 0.05) is 24.8 Å². The molecule has 0 aliphatic carbocycles. The lowest BCUT2D eigenvalue weighted by Gasteiger charge is -2.09. The van der Waals surface area contributed by atoms with E-state index in [1.807, 2.05) is 24.3 Å². The van der Waals surface area contributed by atoms with Crippen LogP contribution in [-0.4, -0.2) is 16.3 Å². The van der Waals surface area contributed by atoms with E-state index in [9.17, 15) is 4.79 Å². The molecule has 74 valence electrons. The highest BCUT2D eigenvalue weighted by Gasteiger charge is 2.11. The summed E-state index contributed by atoms with van der Waals surface area (Å²) in [6.07, 6.45) is 7.69. The van der Waals surface area contributed by atoms with Crippen LogP contribution in [0.1, 0.15) is 17.0 Å². The molecular formula is C12H10N2O. The summed E-state index contributed by atoms with van der Waals surface area (Å²) >= 11 is 0. The smallest absolute Gasteiger partial charge is 0.131 e. The Hall–Kier alpha value is -2.03. The standard InChI is InChI=1S/C12H10N2O/c15-9-12(10-1-5-13-6-2-10)11-3-7-14-8-4-11/h1-9,12H. The molecule has 0 bridgehead atoms. The van der Waals surface area contributed by atoms with Gasteiger partial charge in [0.2, 0.25) is 0 Å². The summed E-state index contributed by atoms with van der Waals surface area (Å²) in [5, 5.41) is 0. The van der Waals surface area contributed by atoms with Crippen LogP contribution in [0.3, 0.4) is 0 Å². The SMILES string of the molecule is O=CC(c1ccncc1)c1ccncc1. The second-order valence-corrected chi connectivity index (χ2v) is 3.17. The Bertz CT molecular complexity index is 388. The number of rotatable bonds is 3. The van der Waals surface area contributed by atoms with Gasteiger partial charge in [-0.2, -0.15) is 0 Å². The van der Waals surface area contributed by atoms with Crippen LogP contribution >= 0.6 is 0 Å². The molecule has 3 heteroatoms.